The minimum Gasteiger partial charge on any atom is -0.357 e. The Kier molecular flexibility index (Phi) is 5.11. The normalized spacial score (nSPS) is 14.5. The smallest absolute Gasteiger partial charge is 0.242 e. The van der Waals surface area contributed by atoms with Gasteiger partial charge in [0.05, 0.1) is 0 Å². The number of carbonyl (C=O) groups excluding carboxylic acids is 2. The summed E-state index contributed by atoms with van der Waals surface area (Å²) in [7, 11) is 1.57. The zero-order chi connectivity index (χ0) is 10.4. The van der Waals surface area contributed by atoms with Crippen LogP contribution >= 0.6 is 0 Å². The summed E-state index contributed by atoms with van der Waals surface area (Å²) in [5, 5.41) is 5.16. The Balaban J connectivity index is 4.35. The summed E-state index contributed by atoms with van der Waals surface area (Å²) >= 11 is 0. The van der Waals surface area contributed by atoms with E-state index in [9.17, 15) is 9.59 Å². The molecule has 0 radical (unpaired) electrons. The number of carbonyl (C=O) groups is 2. The van der Waals surface area contributed by atoms with E-state index in [1.54, 1.807) is 7.05 Å². The molecule has 0 aliphatic carbocycles. The molecule has 0 aromatic heterocycles. The van der Waals surface area contributed by atoms with Gasteiger partial charge >= 0.3 is 0 Å². The van der Waals surface area contributed by atoms with Crippen molar-refractivity contribution < 1.29 is 9.59 Å². The number of hydrogen-bond acceptors (Lipinski definition) is 2. The summed E-state index contributed by atoms with van der Waals surface area (Å²) in [6, 6.07) is -0.410. The van der Waals surface area contributed by atoms with Crippen LogP contribution in [0.1, 0.15) is 27.2 Å². The molecule has 0 aliphatic rings. The first kappa shape index (κ1) is 11.9. The summed E-state index contributed by atoms with van der Waals surface area (Å²) in [5.74, 6) is -0.151. The zero-order valence-corrected chi connectivity index (χ0v) is 8.68. The average molecular weight is 186 g/mol. The molecule has 0 saturated carbocycles. The Hall–Kier alpha value is -1.06. The van der Waals surface area contributed by atoms with Gasteiger partial charge in [0, 0.05) is 14.0 Å². The fraction of sp³-hybridized carbons (Fsp3) is 0.778. The molecule has 0 aromatic carbocycles. The Morgan fingerprint density at radius 1 is 1.38 bits per heavy atom. The molecule has 0 heterocycles. The number of amides is 2. The summed E-state index contributed by atoms with van der Waals surface area (Å²) in [6.07, 6.45) is 0.859. The van der Waals surface area contributed by atoms with Crippen LogP contribution in [0.2, 0.25) is 0 Å². The van der Waals surface area contributed by atoms with Crippen molar-refractivity contribution in [1.29, 1.82) is 0 Å². The summed E-state index contributed by atoms with van der Waals surface area (Å²) in [5.41, 5.74) is 0. The lowest BCUT2D eigenvalue weighted by molar-refractivity contribution is -0.129. The zero-order valence-electron chi connectivity index (χ0n) is 8.68. The third-order valence-electron chi connectivity index (χ3n) is 2.10. The highest BCUT2D eigenvalue weighted by molar-refractivity contribution is 5.86. The third-order valence-corrected chi connectivity index (χ3v) is 2.10. The van der Waals surface area contributed by atoms with Crippen molar-refractivity contribution in [3.63, 3.8) is 0 Å². The highest BCUT2D eigenvalue weighted by Gasteiger charge is 2.23. The van der Waals surface area contributed by atoms with E-state index in [-0.39, 0.29) is 17.7 Å². The van der Waals surface area contributed by atoms with Gasteiger partial charge in [-0.05, 0) is 5.92 Å². The molecule has 2 atom stereocenters. The van der Waals surface area contributed by atoms with E-state index < -0.39 is 6.04 Å². The van der Waals surface area contributed by atoms with E-state index in [1.807, 2.05) is 13.8 Å². The van der Waals surface area contributed by atoms with Gasteiger partial charge in [-0.25, -0.2) is 0 Å². The maximum absolute atomic E-state index is 11.3. The lowest BCUT2D eigenvalue weighted by Gasteiger charge is -2.21. The van der Waals surface area contributed by atoms with Crippen molar-refractivity contribution in [2.75, 3.05) is 7.05 Å². The number of nitrogens with one attached hydrogen (secondary N) is 2. The van der Waals surface area contributed by atoms with Crippen LogP contribution in [0, 0.1) is 5.92 Å². The molecule has 76 valence electrons. The van der Waals surface area contributed by atoms with Crippen LogP contribution < -0.4 is 10.6 Å². The number of rotatable bonds is 4. The van der Waals surface area contributed by atoms with Gasteiger partial charge < -0.3 is 10.6 Å². The second-order valence-corrected chi connectivity index (χ2v) is 3.18. The van der Waals surface area contributed by atoms with E-state index in [1.165, 1.54) is 6.92 Å². The van der Waals surface area contributed by atoms with E-state index in [0.29, 0.717) is 0 Å². The highest BCUT2D eigenvalue weighted by Crippen LogP contribution is 2.07. The quantitative estimate of drug-likeness (QED) is 0.662. The van der Waals surface area contributed by atoms with Crippen molar-refractivity contribution >= 4 is 11.8 Å². The monoisotopic (exact) mass is 186 g/mol. The lowest BCUT2D eigenvalue weighted by Crippen LogP contribution is -2.48. The first-order chi connectivity index (χ1) is 6.02. The van der Waals surface area contributed by atoms with Gasteiger partial charge in [-0.1, -0.05) is 20.3 Å². The Bertz CT molecular complexity index is 192. The Morgan fingerprint density at radius 3 is 2.23 bits per heavy atom. The van der Waals surface area contributed by atoms with Crippen molar-refractivity contribution in [3.05, 3.63) is 0 Å². The predicted molar refractivity (Wildman–Crippen MR) is 51.1 cm³/mol. The SMILES string of the molecule is CC[C@H](C)[C@H](NC(C)=O)C(=O)NC. The van der Waals surface area contributed by atoms with E-state index >= 15 is 0 Å². The van der Waals surface area contributed by atoms with Crippen LogP contribution in [0.5, 0.6) is 0 Å². The van der Waals surface area contributed by atoms with E-state index in [2.05, 4.69) is 10.6 Å². The molecule has 0 aliphatic heterocycles. The second-order valence-electron chi connectivity index (χ2n) is 3.18. The minimum atomic E-state index is -0.410. The molecule has 0 spiro atoms. The molecular weight excluding hydrogens is 168 g/mol. The molecular formula is C9H18N2O2. The molecule has 0 saturated heterocycles. The second kappa shape index (κ2) is 5.56. The van der Waals surface area contributed by atoms with Gasteiger partial charge in [-0.3, -0.25) is 9.59 Å². The number of likely N-dealkylation sites (N-methyl/N-ethyl adjacent to an activating group) is 1. The van der Waals surface area contributed by atoms with Crippen LogP contribution in [0.3, 0.4) is 0 Å². The topological polar surface area (TPSA) is 58.2 Å². The van der Waals surface area contributed by atoms with Gasteiger partial charge in [0.25, 0.3) is 0 Å². The molecule has 0 bridgehead atoms. The molecule has 13 heavy (non-hydrogen) atoms. The van der Waals surface area contributed by atoms with Gasteiger partial charge in [0.2, 0.25) is 11.8 Å². The molecule has 2 amide bonds. The third kappa shape index (κ3) is 3.92. The number of hydrogen-bond donors (Lipinski definition) is 2. The largest absolute Gasteiger partial charge is 0.357 e. The summed E-state index contributed by atoms with van der Waals surface area (Å²) < 4.78 is 0. The molecule has 4 nitrogen and oxygen atoms in total. The van der Waals surface area contributed by atoms with Crippen LogP contribution in [-0.4, -0.2) is 24.9 Å². The highest BCUT2D eigenvalue weighted by atomic mass is 16.2. The van der Waals surface area contributed by atoms with Crippen molar-refractivity contribution in [2.24, 2.45) is 5.92 Å². The first-order valence-electron chi connectivity index (χ1n) is 4.51. The van der Waals surface area contributed by atoms with Crippen LogP contribution in [-0.2, 0) is 9.59 Å². The lowest BCUT2D eigenvalue weighted by atomic mass is 9.98. The van der Waals surface area contributed by atoms with Crippen molar-refractivity contribution in [3.8, 4) is 0 Å². The van der Waals surface area contributed by atoms with Crippen molar-refractivity contribution in [1.82, 2.24) is 10.6 Å². The predicted octanol–water partition coefficient (Wildman–Crippen LogP) is 0.283. The van der Waals surface area contributed by atoms with Crippen LogP contribution in [0.25, 0.3) is 0 Å². The minimum absolute atomic E-state index is 0.135. The van der Waals surface area contributed by atoms with Crippen LogP contribution in [0.15, 0.2) is 0 Å². The van der Waals surface area contributed by atoms with Crippen molar-refractivity contribution in [2.45, 2.75) is 33.2 Å². The average Bonchev–Trinajstić information content (AvgIpc) is 2.11. The van der Waals surface area contributed by atoms with Gasteiger partial charge in [-0.15, -0.1) is 0 Å². The van der Waals surface area contributed by atoms with E-state index in [4.69, 9.17) is 0 Å². The van der Waals surface area contributed by atoms with Gasteiger partial charge in [-0.2, -0.15) is 0 Å². The Morgan fingerprint density at radius 2 is 1.92 bits per heavy atom. The fourth-order valence-electron chi connectivity index (χ4n) is 1.08. The van der Waals surface area contributed by atoms with Gasteiger partial charge in [0.1, 0.15) is 6.04 Å². The molecule has 4 heteroatoms. The first-order valence-corrected chi connectivity index (χ1v) is 4.51. The van der Waals surface area contributed by atoms with Gasteiger partial charge in [0.15, 0.2) is 0 Å². The summed E-state index contributed by atoms with van der Waals surface area (Å²) in [4.78, 5) is 22.1. The molecule has 0 rings (SSSR count). The fourth-order valence-corrected chi connectivity index (χ4v) is 1.08. The Labute approximate surface area is 79.1 Å². The maximum atomic E-state index is 11.3. The molecule has 2 N–H and O–H groups in total. The molecule has 0 aromatic rings. The molecule has 0 unspecified atom stereocenters. The van der Waals surface area contributed by atoms with E-state index in [0.717, 1.165) is 6.42 Å². The summed E-state index contributed by atoms with van der Waals surface area (Å²) in [6.45, 7) is 5.34. The molecule has 0 fully saturated rings. The maximum Gasteiger partial charge on any atom is 0.242 e. The van der Waals surface area contributed by atoms with Crippen LogP contribution in [0.4, 0.5) is 0 Å². The standard InChI is InChI=1S/C9H18N2O2/c1-5-6(2)8(9(13)10-4)11-7(3)12/h6,8H,5H2,1-4H3,(H,10,13)(H,11,12)/t6-,8-/m0/s1.